The van der Waals surface area contributed by atoms with Gasteiger partial charge in [0.25, 0.3) is 0 Å². The molecule has 0 amide bonds. The molecule has 0 spiro atoms. The van der Waals surface area contributed by atoms with E-state index >= 15 is 0 Å². The molecule has 1 aliphatic heterocycles. The lowest BCUT2D eigenvalue weighted by atomic mass is 10.1. The number of anilines is 1. The molecule has 1 aromatic heterocycles. The van der Waals surface area contributed by atoms with Crippen molar-refractivity contribution in [3.63, 3.8) is 0 Å². The maximum atomic E-state index is 10.3. The SMILES string of the molecule is CCOC1CCCN(CC(O)Cn2nc(C)c(N)c2C)C1. The molecule has 21 heavy (non-hydrogen) atoms. The van der Waals surface area contributed by atoms with Crippen LogP contribution in [0.25, 0.3) is 0 Å². The number of likely N-dealkylation sites (tertiary alicyclic amines) is 1. The second kappa shape index (κ2) is 7.24. The summed E-state index contributed by atoms with van der Waals surface area (Å²) in [5, 5.41) is 14.7. The highest BCUT2D eigenvalue weighted by molar-refractivity contribution is 5.46. The number of aliphatic hydroxyl groups is 1. The maximum Gasteiger partial charge on any atom is 0.0862 e. The van der Waals surface area contributed by atoms with Crippen LogP contribution in [0.2, 0.25) is 0 Å². The Kier molecular flexibility index (Phi) is 5.61. The third kappa shape index (κ3) is 4.18. The van der Waals surface area contributed by atoms with E-state index in [1.54, 1.807) is 4.68 Å². The minimum Gasteiger partial charge on any atom is -0.396 e. The Labute approximate surface area is 126 Å². The summed E-state index contributed by atoms with van der Waals surface area (Å²) in [5.74, 6) is 0. The van der Waals surface area contributed by atoms with Crippen molar-refractivity contribution < 1.29 is 9.84 Å². The van der Waals surface area contributed by atoms with Gasteiger partial charge in [-0.25, -0.2) is 0 Å². The topological polar surface area (TPSA) is 76.5 Å². The van der Waals surface area contributed by atoms with Crippen LogP contribution >= 0.6 is 0 Å². The molecule has 0 aliphatic carbocycles. The minimum atomic E-state index is -0.442. The van der Waals surface area contributed by atoms with Crippen LogP contribution in [0.1, 0.15) is 31.2 Å². The van der Waals surface area contributed by atoms with Gasteiger partial charge >= 0.3 is 0 Å². The number of ether oxygens (including phenoxy) is 1. The predicted molar refractivity (Wildman–Crippen MR) is 83.2 cm³/mol. The monoisotopic (exact) mass is 296 g/mol. The fourth-order valence-corrected chi connectivity index (χ4v) is 2.99. The number of aliphatic hydroxyl groups excluding tert-OH is 1. The molecule has 1 aliphatic rings. The van der Waals surface area contributed by atoms with Crippen molar-refractivity contribution in [1.29, 1.82) is 0 Å². The van der Waals surface area contributed by atoms with E-state index in [0.29, 0.717) is 19.2 Å². The summed E-state index contributed by atoms with van der Waals surface area (Å²) in [7, 11) is 0. The summed E-state index contributed by atoms with van der Waals surface area (Å²) < 4.78 is 7.50. The lowest BCUT2D eigenvalue weighted by Crippen LogP contribution is -2.44. The molecule has 1 saturated heterocycles. The zero-order valence-electron chi connectivity index (χ0n) is 13.4. The van der Waals surface area contributed by atoms with Crippen molar-refractivity contribution >= 4 is 5.69 Å². The van der Waals surface area contributed by atoms with Crippen LogP contribution in [0, 0.1) is 13.8 Å². The Hall–Kier alpha value is -1.11. The highest BCUT2D eigenvalue weighted by atomic mass is 16.5. The largest absolute Gasteiger partial charge is 0.396 e. The van der Waals surface area contributed by atoms with Gasteiger partial charge in [0.15, 0.2) is 0 Å². The number of hydrogen-bond acceptors (Lipinski definition) is 5. The first-order valence-corrected chi connectivity index (χ1v) is 7.82. The van der Waals surface area contributed by atoms with E-state index in [1.807, 2.05) is 20.8 Å². The first-order valence-electron chi connectivity index (χ1n) is 7.82. The Morgan fingerprint density at radius 2 is 2.19 bits per heavy atom. The van der Waals surface area contributed by atoms with Crippen molar-refractivity contribution in [2.24, 2.45) is 0 Å². The first-order chi connectivity index (χ1) is 10.0. The zero-order valence-corrected chi connectivity index (χ0v) is 13.4. The lowest BCUT2D eigenvalue weighted by molar-refractivity contribution is -0.00897. The molecule has 2 rings (SSSR count). The van der Waals surface area contributed by atoms with E-state index in [4.69, 9.17) is 10.5 Å². The summed E-state index contributed by atoms with van der Waals surface area (Å²) in [6.45, 7) is 9.69. The molecule has 1 aromatic rings. The quantitative estimate of drug-likeness (QED) is 0.817. The van der Waals surface area contributed by atoms with Crippen LogP contribution < -0.4 is 5.73 Å². The first kappa shape index (κ1) is 16.3. The lowest BCUT2D eigenvalue weighted by Gasteiger charge is -2.33. The molecular formula is C15H28N4O2. The zero-order chi connectivity index (χ0) is 15.4. The van der Waals surface area contributed by atoms with Crippen molar-refractivity contribution in [2.45, 2.75) is 52.4 Å². The molecule has 0 radical (unpaired) electrons. The van der Waals surface area contributed by atoms with Crippen LogP contribution in [0.15, 0.2) is 0 Å². The number of aryl methyl sites for hydroxylation is 1. The molecule has 0 saturated carbocycles. The van der Waals surface area contributed by atoms with Gasteiger partial charge in [-0.05, 0) is 40.2 Å². The van der Waals surface area contributed by atoms with Gasteiger partial charge in [-0.2, -0.15) is 5.10 Å². The molecule has 2 unspecified atom stereocenters. The second-order valence-corrected chi connectivity index (χ2v) is 5.90. The Bertz CT molecular complexity index is 459. The van der Waals surface area contributed by atoms with Gasteiger partial charge in [0.05, 0.1) is 35.8 Å². The summed E-state index contributed by atoms with van der Waals surface area (Å²) in [4.78, 5) is 2.28. The molecular weight excluding hydrogens is 268 g/mol. The van der Waals surface area contributed by atoms with Crippen LogP contribution in [-0.4, -0.2) is 58.2 Å². The van der Waals surface area contributed by atoms with Gasteiger partial charge in [0.2, 0.25) is 0 Å². The average Bonchev–Trinajstić information content (AvgIpc) is 2.67. The summed E-state index contributed by atoms with van der Waals surface area (Å²) in [6, 6.07) is 0. The van der Waals surface area contributed by atoms with Gasteiger partial charge in [0.1, 0.15) is 0 Å². The molecule has 6 nitrogen and oxygen atoms in total. The minimum absolute atomic E-state index is 0.306. The van der Waals surface area contributed by atoms with Crippen LogP contribution in [-0.2, 0) is 11.3 Å². The highest BCUT2D eigenvalue weighted by Crippen LogP contribution is 2.16. The van der Waals surface area contributed by atoms with Crippen LogP contribution in [0.3, 0.4) is 0 Å². The Morgan fingerprint density at radius 3 is 2.81 bits per heavy atom. The fraction of sp³-hybridized carbons (Fsp3) is 0.800. The molecule has 0 bridgehead atoms. The number of nitrogen functional groups attached to an aromatic ring is 1. The van der Waals surface area contributed by atoms with E-state index in [9.17, 15) is 5.11 Å². The number of piperidine rings is 1. The third-order valence-electron chi connectivity index (χ3n) is 4.15. The number of nitrogens with two attached hydrogens (primary N) is 1. The normalized spacial score (nSPS) is 21.6. The predicted octanol–water partition coefficient (Wildman–Crippen LogP) is 0.944. The fourth-order valence-electron chi connectivity index (χ4n) is 2.99. The van der Waals surface area contributed by atoms with Crippen molar-refractivity contribution in [2.75, 3.05) is 32.0 Å². The van der Waals surface area contributed by atoms with Crippen molar-refractivity contribution in [3.05, 3.63) is 11.4 Å². The second-order valence-electron chi connectivity index (χ2n) is 5.90. The van der Waals surface area contributed by atoms with Gasteiger partial charge in [-0.15, -0.1) is 0 Å². The number of rotatable bonds is 6. The number of aromatic nitrogens is 2. The van der Waals surface area contributed by atoms with E-state index in [0.717, 1.165) is 49.6 Å². The Balaban J connectivity index is 1.86. The molecule has 0 aromatic carbocycles. The number of nitrogens with zero attached hydrogens (tertiary/aromatic N) is 3. The van der Waals surface area contributed by atoms with E-state index in [-0.39, 0.29) is 0 Å². The van der Waals surface area contributed by atoms with Crippen LogP contribution in [0.5, 0.6) is 0 Å². The van der Waals surface area contributed by atoms with Gasteiger partial charge in [0, 0.05) is 19.7 Å². The molecule has 120 valence electrons. The van der Waals surface area contributed by atoms with Gasteiger partial charge in [-0.3, -0.25) is 9.58 Å². The van der Waals surface area contributed by atoms with Crippen LogP contribution in [0.4, 0.5) is 5.69 Å². The molecule has 6 heteroatoms. The molecule has 2 atom stereocenters. The van der Waals surface area contributed by atoms with E-state index in [2.05, 4.69) is 10.00 Å². The van der Waals surface area contributed by atoms with E-state index < -0.39 is 6.10 Å². The summed E-state index contributed by atoms with van der Waals surface area (Å²) >= 11 is 0. The smallest absolute Gasteiger partial charge is 0.0862 e. The maximum absolute atomic E-state index is 10.3. The third-order valence-corrected chi connectivity index (χ3v) is 4.15. The van der Waals surface area contributed by atoms with Gasteiger partial charge < -0.3 is 15.6 Å². The molecule has 3 N–H and O–H groups in total. The highest BCUT2D eigenvalue weighted by Gasteiger charge is 2.22. The molecule has 1 fully saturated rings. The van der Waals surface area contributed by atoms with Crippen molar-refractivity contribution in [1.82, 2.24) is 14.7 Å². The number of β-amino-alcohol motifs (C(OH)–C–C–N with tert-alkyl or cyclic N) is 1. The van der Waals surface area contributed by atoms with E-state index in [1.165, 1.54) is 0 Å². The number of hydrogen-bond donors (Lipinski definition) is 2. The summed E-state index contributed by atoms with van der Waals surface area (Å²) in [6.07, 6.45) is 2.11. The molecule has 2 heterocycles. The van der Waals surface area contributed by atoms with Gasteiger partial charge in [-0.1, -0.05) is 0 Å². The Morgan fingerprint density at radius 1 is 1.43 bits per heavy atom. The average molecular weight is 296 g/mol. The standard InChI is InChI=1S/C15H28N4O2/c1-4-21-14-6-5-7-18(10-14)8-13(20)9-19-12(3)15(16)11(2)17-19/h13-14,20H,4-10,16H2,1-3H3. The summed E-state index contributed by atoms with van der Waals surface area (Å²) in [5.41, 5.74) is 8.40. The van der Waals surface area contributed by atoms with Crippen molar-refractivity contribution in [3.8, 4) is 0 Å².